The van der Waals surface area contributed by atoms with Crippen molar-refractivity contribution >= 4 is 31.7 Å². The maximum atomic E-state index is 3.49. The Balaban J connectivity index is -0.0000000671. The van der Waals surface area contributed by atoms with Crippen molar-refractivity contribution in [2.75, 3.05) is 0 Å². The Kier molecular flexibility index (Phi) is 42.3. The molecular weight excluding hydrogens is 430 g/mol. The van der Waals surface area contributed by atoms with E-state index in [9.17, 15) is 0 Å². The molecule has 0 N–H and O–H groups in total. The molecule has 0 amide bonds. The van der Waals surface area contributed by atoms with Gasteiger partial charge in [-0.3, -0.25) is 12.2 Å². The summed E-state index contributed by atoms with van der Waals surface area (Å²) in [6.45, 7) is 21.4. The van der Waals surface area contributed by atoms with Crippen LogP contribution in [0.1, 0.15) is 54.4 Å². The van der Waals surface area contributed by atoms with Gasteiger partial charge in [-0.1, -0.05) is 53.4 Å². The molecule has 2 atom stereocenters. The first-order chi connectivity index (χ1) is 10.4. The molecule has 0 aromatic rings. The van der Waals surface area contributed by atoms with Gasteiger partial charge in [0.15, 0.2) is 0 Å². The van der Waals surface area contributed by atoms with E-state index in [2.05, 4.69) is 78.0 Å². The zero-order valence-electron chi connectivity index (χ0n) is 16.3. The van der Waals surface area contributed by atoms with Gasteiger partial charge in [0.05, 0.1) is 0 Å². The first-order valence-corrected chi connectivity index (χ1v) is 13.8. The number of hydrogen-bond donors (Lipinski definition) is 0. The summed E-state index contributed by atoms with van der Waals surface area (Å²) in [7, 11) is 0. The monoisotopic (exact) mass is 464 g/mol. The fraction of sp³-hybridized carbons (Fsp3) is 0.500. The molecule has 2 aliphatic rings. The molecule has 2 rings (SSSR count). The summed E-state index contributed by atoms with van der Waals surface area (Å²) >= 11 is 1.58. The summed E-state index contributed by atoms with van der Waals surface area (Å²) in [6, 6.07) is 0. The van der Waals surface area contributed by atoms with Crippen LogP contribution in [0.25, 0.3) is 0 Å². The third-order valence-corrected chi connectivity index (χ3v) is 2.18. The van der Waals surface area contributed by atoms with E-state index in [0.717, 1.165) is 12.8 Å². The zero-order chi connectivity index (χ0) is 18.0. The summed E-state index contributed by atoms with van der Waals surface area (Å²) in [6.07, 6.45) is 16.9. The summed E-state index contributed by atoms with van der Waals surface area (Å²) in [5.41, 5.74) is 2.54. The van der Waals surface area contributed by atoms with Gasteiger partial charge in [0.25, 0.3) is 0 Å². The fourth-order valence-corrected chi connectivity index (χ4v) is 1.49. The molecule has 0 saturated carbocycles. The van der Waals surface area contributed by atoms with Crippen LogP contribution in [0.4, 0.5) is 0 Å². The molecule has 4 heteroatoms. The van der Waals surface area contributed by atoms with Crippen LogP contribution in [-0.2, 0) is 23.3 Å². The van der Waals surface area contributed by atoms with E-state index in [-0.39, 0.29) is 24.8 Å². The molecule has 24 heavy (non-hydrogen) atoms. The van der Waals surface area contributed by atoms with Gasteiger partial charge >= 0.3 is 30.2 Å². The second kappa shape index (κ2) is 28.4. The van der Waals surface area contributed by atoms with E-state index in [4.69, 9.17) is 0 Å². The molecule has 0 bridgehead atoms. The second-order valence-electron chi connectivity index (χ2n) is 4.95. The Morgan fingerprint density at radius 3 is 1.12 bits per heavy atom. The molecule has 0 radical (unpaired) electrons. The third-order valence-electron chi connectivity index (χ3n) is 2.18. The first kappa shape index (κ1) is 35.7. The van der Waals surface area contributed by atoms with E-state index in [1.807, 2.05) is 20.7 Å². The van der Waals surface area contributed by atoms with Crippen molar-refractivity contribution in [3.05, 3.63) is 61.4 Å². The van der Waals surface area contributed by atoms with Gasteiger partial charge in [0, 0.05) is 0 Å². The molecule has 0 spiro atoms. The summed E-state index contributed by atoms with van der Waals surface area (Å²) in [5.74, 6) is 1.11. The summed E-state index contributed by atoms with van der Waals surface area (Å²) in [5, 5.41) is 0. The minimum atomic E-state index is 0. The zero-order valence-corrected chi connectivity index (χ0v) is 21.8. The summed E-state index contributed by atoms with van der Waals surface area (Å²) < 4.78 is 0. The Bertz CT molecular complexity index is 327. The van der Waals surface area contributed by atoms with Crippen LogP contribution in [0, 0.1) is 37.8 Å². The molecule has 0 fully saturated rings. The Labute approximate surface area is 181 Å². The molecule has 0 nitrogen and oxygen atoms in total. The van der Waals surface area contributed by atoms with Gasteiger partial charge in [0.1, 0.15) is 0 Å². The molecular formula is C20H36Cl2SiZr-4. The maximum absolute atomic E-state index is 3.49. The van der Waals surface area contributed by atoms with Gasteiger partial charge in [-0.25, -0.2) is 23.3 Å². The Morgan fingerprint density at radius 2 is 1.08 bits per heavy atom. The number of allylic oxidation sites excluding steroid dienone is 8. The molecule has 0 aromatic heterocycles. The van der Waals surface area contributed by atoms with Crippen LogP contribution >= 0.6 is 24.8 Å². The predicted octanol–water partition coefficient (Wildman–Crippen LogP) is 6.27. The van der Waals surface area contributed by atoms with Crippen LogP contribution in [0.2, 0.25) is 0 Å². The van der Waals surface area contributed by atoms with Crippen LogP contribution in [0.5, 0.6) is 0 Å². The van der Waals surface area contributed by atoms with Crippen molar-refractivity contribution in [2.45, 2.75) is 54.4 Å². The van der Waals surface area contributed by atoms with Crippen molar-refractivity contribution in [1.29, 1.82) is 0 Å². The molecule has 2 aliphatic carbocycles. The van der Waals surface area contributed by atoms with Gasteiger partial charge in [-0.15, -0.1) is 24.8 Å². The summed E-state index contributed by atoms with van der Waals surface area (Å²) in [4.78, 5) is 0. The van der Waals surface area contributed by atoms with E-state index in [1.165, 1.54) is 11.1 Å². The molecule has 0 aliphatic heterocycles. The van der Waals surface area contributed by atoms with Crippen LogP contribution < -0.4 is 0 Å². The fourth-order valence-electron chi connectivity index (χ4n) is 1.49. The second-order valence-corrected chi connectivity index (χ2v) is 4.95. The van der Waals surface area contributed by atoms with E-state index < -0.39 is 0 Å². The topological polar surface area (TPSA) is 0 Å². The quantitative estimate of drug-likeness (QED) is 0.292. The average molecular weight is 467 g/mol. The molecule has 0 heterocycles. The van der Waals surface area contributed by atoms with Gasteiger partial charge in [-0.2, -0.15) is 25.0 Å². The predicted molar refractivity (Wildman–Crippen MR) is 116 cm³/mol. The molecule has 142 valence electrons. The van der Waals surface area contributed by atoms with E-state index in [1.54, 1.807) is 23.3 Å². The van der Waals surface area contributed by atoms with E-state index in [0.29, 0.717) is 11.8 Å². The molecule has 2 unspecified atom stereocenters. The molecule has 0 saturated heterocycles. The standard InChI is InChI=1S/2C7H9.2C3H7.2ClH.H2Si.Zr/c2*1-6-3-4-7(2)5-6;2*1-3-2;;;;/h2*3-4,6H,1-2H3;2*1,3H2,2H3;2*1H;1H2;/q4*-1;;;;. The van der Waals surface area contributed by atoms with Crippen LogP contribution in [0.15, 0.2) is 35.5 Å². The van der Waals surface area contributed by atoms with Crippen molar-refractivity contribution in [3.63, 3.8) is 0 Å². The Hall–Kier alpha value is 0.640. The number of hydrogen-bond acceptors (Lipinski definition) is 0. The number of halogens is 2. The SMILES string of the molecule is CC1=[C-]C(C)C=C1.CC1=[C-]C(C)C=C1.Cl.Cl.[CH2-]CC.[CH2-]CC.[SiH2]=[Zr]. The average Bonchev–Trinajstić information content (AvgIpc) is 3.02. The first-order valence-electron chi connectivity index (χ1n) is 7.91. The van der Waals surface area contributed by atoms with Gasteiger partial charge < -0.3 is 13.8 Å². The Morgan fingerprint density at radius 1 is 0.875 bits per heavy atom. The minimum absolute atomic E-state index is 0. The third kappa shape index (κ3) is 30.5. The van der Waals surface area contributed by atoms with Crippen molar-refractivity contribution in [1.82, 2.24) is 0 Å². The van der Waals surface area contributed by atoms with E-state index >= 15 is 0 Å². The molecule has 0 aromatic carbocycles. The van der Waals surface area contributed by atoms with Crippen molar-refractivity contribution < 1.29 is 23.3 Å². The van der Waals surface area contributed by atoms with Crippen molar-refractivity contribution in [3.8, 4) is 0 Å². The van der Waals surface area contributed by atoms with Crippen molar-refractivity contribution in [2.24, 2.45) is 11.8 Å². The normalized spacial score (nSPS) is 18.1. The van der Waals surface area contributed by atoms with Gasteiger partial charge in [0.2, 0.25) is 0 Å². The van der Waals surface area contributed by atoms with Crippen LogP contribution in [0.3, 0.4) is 0 Å². The number of rotatable bonds is 0. The van der Waals surface area contributed by atoms with Crippen LogP contribution in [-0.4, -0.2) is 6.88 Å². The van der Waals surface area contributed by atoms with Gasteiger partial charge in [-0.05, 0) is 0 Å².